The van der Waals surface area contributed by atoms with Crippen molar-refractivity contribution in [2.75, 3.05) is 18.6 Å². The molecule has 2 aromatic carbocycles. The first-order chi connectivity index (χ1) is 15.5. The highest BCUT2D eigenvalue weighted by Crippen LogP contribution is 2.34. The molecular formula is C21H17FN6O4. The summed E-state index contributed by atoms with van der Waals surface area (Å²) < 4.78 is 24.4. The summed E-state index contributed by atoms with van der Waals surface area (Å²) in [6, 6.07) is 8.44. The van der Waals surface area contributed by atoms with E-state index in [0.717, 1.165) is 0 Å². The highest BCUT2D eigenvalue weighted by molar-refractivity contribution is 6.03. The quantitative estimate of drug-likeness (QED) is 0.500. The lowest BCUT2D eigenvalue weighted by molar-refractivity contribution is -0.120. The third-order valence-electron chi connectivity index (χ3n) is 5.11. The molecule has 4 aromatic rings. The summed E-state index contributed by atoms with van der Waals surface area (Å²) in [6.07, 6.45) is 1.59. The van der Waals surface area contributed by atoms with E-state index in [9.17, 15) is 14.0 Å². The second-order valence-corrected chi connectivity index (χ2v) is 7.29. The minimum absolute atomic E-state index is 0.0775. The molecule has 2 N–H and O–H groups in total. The van der Waals surface area contributed by atoms with Gasteiger partial charge in [0.1, 0.15) is 35.6 Å². The van der Waals surface area contributed by atoms with Crippen molar-refractivity contribution in [3.8, 4) is 5.75 Å². The van der Waals surface area contributed by atoms with Crippen LogP contribution in [0.25, 0.3) is 11.1 Å². The molecule has 0 unspecified atom stereocenters. The smallest absolute Gasteiger partial charge is 0.291 e. The molecule has 10 nitrogen and oxygen atoms in total. The van der Waals surface area contributed by atoms with Crippen LogP contribution in [-0.2, 0) is 11.2 Å². The molecule has 11 heteroatoms. The summed E-state index contributed by atoms with van der Waals surface area (Å²) in [5.41, 5.74) is 2.30. The SMILES string of the molecule is CN1C(=O)[C@@H](NC(=O)c2n[nH]c(Cc3cccc(F)c3)n2)COc2cc3ncoc3cc21. The number of nitrogens with zero attached hydrogens (tertiary/aromatic N) is 4. The number of ether oxygens (including phenoxy) is 1. The van der Waals surface area contributed by atoms with Gasteiger partial charge in [-0.2, -0.15) is 0 Å². The van der Waals surface area contributed by atoms with E-state index in [-0.39, 0.29) is 30.6 Å². The van der Waals surface area contributed by atoms with Crippen LogP contribution in [0.5, 0.6) is 5.75 Å². The molecule has 0 spiro atoms. The number of hydrogen-bond donors (Lipinski definition) is 2. The number of hydrogen-bond acceptors (Lipinski definition) is 7. The number of aromatic nitrogens is 4. The summed E-state index contributed by atoms with van der Waals surface area (Å²) >= 11 is 0. The molecule has 1 atom stereocenters. The van der Waals surface area contributed by atoms with Crippen LogP contribution in [0.15, 0.2) is 47.2 Å². The minimum atomic E-state index is -0.954. The molecule has 1 aliphatic heterocycles. The van der Waals surface area contributed by atoms with Crippen LogP contribution < -0.4 is 15.0 Å². The number of fused-ring (bicyclic) bond motifs is 2. The Kier molecular flexibility index (Phi) is 4.77. The van der Waals surface area contributed by atoms with Crippen molar-refractivity contribution in [3.63, 3.8) is 0 Å². The topological polar surface area (TPSA) is 126 Å². The average molecular weight is 436 g/mol. The summed E-state index contributed by atoms with van der Waals surface area (Å²) in [6.45, 7) is -0.0775. The Hall–Kier alpha value is -4.28. The number of likely N-dealkylation sites (N-methyl/N-ethyl adjacent to an activating group) is 1. The van der Waals surface area contributed by atoms with Gasteiger partial charge in [-0.15, -0.1) is 5.10 Å². The molecule has 2 amide bonds. The van der Waals surface area contributed by atoms with Gasteiger partial charge in [-0.25, -0.2) is 14.4 Å². The van der Waals surface area contributed by atoms with Crippen molar-refractivity contribution in [3.05, 3.63) is 65.8 Å². The Bertz CT molecular complexity index is 1330. The number of nitrogens with one attached hydrogen (secondary N) is 2. The third kappa shape index (κ3) is 3.64. The first kappa shape index (κ1) is 19.7. The number of anilines is 1. The zero-order valence-corrected chi connectivity index (χ0v) is 16.8. The lowest BCUT2D eigenvalue weighted by atomic mass is 10.1. The van der Waals surface area contributed by atoms with E-state index < -0.39 is 11.9 Å². The number of H-pyrrole nitrogens is 1. The highest BCUT2D eigenvalue weighted by Gasteiger charge is 2.32. The van der Waals surface area contributed by atoms with Crippen LogP contribution in [0.4, 0.5) is 10.1 Å². The number of carbonyl (C=O) groups excluding carboxylic acids is 2. The number of benzene rings is 2. The maximum atomic E-state index is 13.4. The van der Waals surface area contributed by atoms with Gasteiger partial charge in [0.05, 0.1) is 5.69 Å². The zero-order valence-electron chi connectivity index (χ0n) is 16.8. The van der Waals surface area contributed by atoms with Crippen molar-refractivity contribution in [1.82, 2.24) is 25.5 Å². The molecular weight excluding hydrogens is 419 g/mol. The van der Waals surface area contributed by atoms with E-state index in [1.54, 1.807) is 31.3 Å². The predicted octanol–water partition coefficient (Wildman–Crippen LogP) is 1.83. The molecule has 0 aliphatic carbocycles. The first-order valence-electron chi connectivity index (χ1n) is 9.72. The fourth-order valence-electron chi connectivity index (χ4n) is 3.49. The van der Waals surface area contributed by atoms with E-state index in [1.807, 2.05) is 0 Å². The molecule has 1 aliphatic rings. The van der Waals surface area contributed by atoms with Gasteiger partial charge >= 0.3 is 0 Å². The van der Waals surface area contributed by atoms with Crippen molar-refractivity contribution in [1.29, 1.82) is 0 Å². The minimum Gasteiger partial charge on any atom is -0.489 e. The molecule has 3 heterocycles. The lowest BCUT2D eigenvalue weighted by Crippen LogP contribution is -2.49. The van der Waals surface area contributed by atoms with Gasteiger partial charge in [0, 0.05) is 25.6 Å². The Balaban J connectivity index is 1.30. The van der Waals surface area contributed by atoms with Gasteiger partial charge in [-0.05, 0) is 17.7 Å². The molecule has 0 fully saturated rings. The molecule has 0 saturated carbocycles. The largest absolute Gasteiger partial charge is 0.489 e. The van der Waals surface area contributed by atoms with Crippen LogP contribution >= 0.6 is 0 Å². The molecule has 5 rings (SSSR count). The summed E-state index contributed by atoms with van der Waals surface area (Å²) in [5.74, 6) is -0.649. The second kappa shape index (κ2) is 7.76. The molecule has 0 saturated heterocycles. The Morgan fingerprint density at radius 2 is 2.22 bits per heavy atom. The highest BCUT2D eigenvalue weighted by atomic mass is 19.1. The van der Waals surface area contributed by atoms with Gasteiger partial charge in [0.25, 0.3) is 11.8 Å². The van der Waals surface area contributed by atoms with E-state index in [1.165, 1.54) is 23.4 Å². The van der Waals surface area contributed by atoms with E-state index in [4.69, 9.17) is 9.15 Å². The predicted molar refractivity (Wildman–Crippen MR) is 110 cm³/mol. The average Bonchev–Trinajstić information content (AvgIpc) is 3.41. The van der Waals surface area contributed by atoms with Crippen LogP contribution in [0, 0.1) is 5.82 Å². The molecule has 0 radical (unpaired) electrons. The van der Waals surface area contributed by atoms with Crippen molar-refractivity contribution in [2.45, 2.75) is 12.5 Å². The Morgan fingerprint density at radius 3 is 3.06 bits per heavy atom. The first-order valence-corrected chi connectivity index (χ1v) is 9.72. The van der Waals surface area contributed by atoms with Crippen molar-refractivity contribution < 1.29 is 23.1 Å². The van der Waals surface area contributed by atoms with Crippen LogP contribution in [0.2, 0.25) is 0 Å². The van der Waals surface area contributed by atoms with Gasteiger partial charge in [0.2, 0.25) is 5.82 Å². The summed E-state index contributed by atoms with van der Waals surface area (Å²) in [4.78, 5) is 35.2. The van der Waals surface area contributed by atoms with Gasteiger partial charge < -0.3 is 19.4 Å². The van der Waals surface area contributed by atoms with E-state index >= 15 is 0 Å². The Labute approximate surface area is 180 Å². The van der Waals surface area contributed by atoms with Crippen molar-refractivity contribution in [2.24, 2.45) is 0 Å². The number of amides is 2. The normalized spacial score (nSPS) is 15.9. The fraction of sp³-hybridized carbons (Fsp3) is 0.190. The number of rotatable bonds is 4. The zero-order chi connectivity index (χ0) is 22.2. The van der Waals surface area contributed by atoms with Crippen LogP contribution in [0.3, 0.4) is 0 Å². The van der Waals surface area contributed by atoms with Crippen molar-refractivity contribution >= 4 is 28.6 Å². The number of aromatic amines is 1. The molecule has 0 bridgehead atoms. The molecule has 32 heavy (non-hydrogen) atoms. The monoisotopic (exact) mass is 436 g/mol. The number of carbonyl (C=O) groups is 2. The maximum Gasteiger partial charge on any atom is 0.291 e. The lowest BCUT2D eigenvalue weighted by Gasteiger charge is -2.19. The van der Waals surface area contributed by atoms with Gasteiger partial charge in [0.15, 0.2) is 12.0 Å². The maximum absolute atomic E-state index is 13.4. The van der Waals surface area contributed by atoms with Gasteiger partial charge in [-0.3, -0.25) is 14.7 Å². The number of halogens is 1. The van der Waals surface area contributed by atoms with Gasteiger partial charge in [-0.1, -0.05) is 12.1 Å². The molecule has 162 valence electrons. The van der Waals surface area contributed by atoms with Crippen LogP contribution in [0.1, 0.15) is 22.0 Å². The van der Waals surface area contributed by atoms with Crippen LogP contribution in [-0.4, -0.2) is 51.7 Å². The Morgan fingerprint density at radius 1 is 1.34 bits per heavy atom. The standard InChI is InChI=1S/C21H17FN6O4/c1-28-15-8-16-13(23-10-32-16)7-17(15)31-9-14(21(28)30)24-20(29)19-25-18(26-27-19)6-11-3-2-4-12(22)5-11/h2-5,7-8,10,14H,6,9H2,1H3,(H,24,29)(H,25,26,27)/t14-/m0/s1. The molecule has 2 aromatic heterocycles. The summed E-state index contributed by atoms with van der Waals surface area (Å²) in [5, 5.41) is 9.19. The van der Waals surface area contributed by atoms with E-state index in [2.05, 4.69) is 25.5 Å². The third-order valence-corrected chi connectivity index (χ3v) is 5.11. The number of oxazole rings is 1. The summed E-state index contributed by atoms with van der Waals surface area (Å²) in [7, 11) is 1.58. The van der Waals surface area contributed by atoms with E-state index in [0.29, 0.717) is 33.9 Å². The fourth-order valence-corrected chi connectivity index (χ4v) is 3.49. The second-order valence-electron chi connectivity index (χ2n) is 7.29.